The summed E-state index contributed by atoms with van der Waals surface area (Å²) >= 11 is 14.6. The van der Waals surface area contributed by atoms with E-state index in [1.165, 1.54) is 39.2 Å². The minimum Gasteiger partial charge on any atom is -0.507 e. The van der Waals surface area contributed by atoms with Crippen LogP contribution >= 0.6 is 23.2 Å². The number of aliphatic carboxylic acids is 1. The van der Waals surface area contributed by atoms with Crippen molar-refractivity contribution in [3.8, 4) is 62.9 Å². The molecule has 15 rings (SSSR count). The number of fused-ring (bicyclic) bond motifs is 15. The number of quaternary nitrogens is 1. The first-order valence-corrected chi connectivity index (χ1v) is 45.7. The molecule has 7 aromatic rings. The Bertz CT molecular complexity index is 5970. The van der Waals surface area contributed by atoms with Crippen molar-refractivity contribution in [2.45, 2.75) is 206 Å². The van der Waals surface area contributed by atoms with E-state index in [1.807, 2.05) is 21.1 Å². The van der Waals surface area contributed by atoms with Crippen molar-refractivity contribution in [2.75, 3.05) is 66.3 Å². The number of amides is 8. The normalized spacial score (nSPS) is 27.7. The average Bonchev–Trinajstić information content (AvgIpc) is 0.754. The Labute approximate surface area is 822 Å². The number of phenolic OH excluding ortho intramolecular Hbond substituents is 3. The number of carbonyl (C=O) groups excluding carboxylic acids is 8. The number of primary amides is 1. The number of aromatic hydroxyl groups is 3. The van der Waals surface area contributed by atoms with Crippen molar-refractivity contribution in [3.63, 3.8) is 0 Å². The maximum Gasteiger partial charge on any atom is 0.573 e. The predicted octanol–water partition coefficient (Wildman–Crippen LogP) is -0.269. The summed E-state index contributed by atoms with van der Waals surface area (Å²) in [5, 5.41) is 168. The van der Waals surface area contributed by atoms with Gasteiger partial charge in [-0.15, -0.1) is 13.2 Å². The number of carbonyl (C=O) groups is 9. The molecule has 0 radical (unpaired) electrons. The number of halogens is 5. The fraction of sp³-hybridized carbons (Fsp3) is 0.467. The number of ether oxygens (including phenoxy) is 9. The van der Waals surface area contributed by atoms with E-state index in [9.17, 15) is 98.4 Å². The van der Waals surface area contributed by atoms with Crippen molar-refractivity contribution in [3.05, 3.63) is 169 Å². The standard InChI is InChI=1S/C92H110Cl2F3N15O31/c1-37(2)25-50(100-5)81(126)109-67-69(117)41-12-17-54(48(93)27-41)136-56-29-43-30-57(77(56)141-89-75(123)73(121)78(59(36-113)139-89)142-88-74(122)72(120)71(119)58(138-88)35-101-20-23-111-22-19-61(105-90(111)134)104-80(125)39-9-14-44(15-10-39)143-92(95,96)97)137-55-18-13-42(28-49(55)94)76(140-62-33-91(4,99)79(124)38(3)135-62)68-86(131)108-66(87(132)133)46-31-53(115)47(34-102-21-24-112(6,7)8)70(118)63(46)45-26-40(11-16-52(45)114)64(83(128)110-68)107-84(129)65(43)106-82(127)51(32-60(98)116)103-85(67)130/h9-19,22,26-31,37-38,50-51,58-59,62,64-69,71-76,78-79,88-89,100-102,113,117,119-124H,20-21,23-25,32-36,99H2,1-8H3,(H12-,98,103,104,105,106,107,108,109,110,114,115,116,118,125,126,127,128,129,130,131,132,133,134)/p+1/t38-,50+,51-,58+,59+,62?,64+,65+,66+,67?,68-,69+,71-,72-,73+,74+,75+,76+,78+,79-,88-,89-,91-/m0/s1. The van der Waals surface area contributed by atoms with Crippen molar-refractivity contribution in [1.29, 1.82) is 0 Å². The summed E-state index contributed by atoms with van der Waals surface area (Å²) in [6.45, 7) is 5.01. The average molecular weight is 2050 g/mol. The van der Waals surface area contributed by atoms with E-state index in [0.717, 1.165) is 95.6 Å². The number of benzene rings is 6. The number of carboxylic acids is 1. The van der Waals surface area contributed by atoms with E-state index >= 15 is 24.0 Å². The van der Waals surface area contributed by atoms with Crippen LogP contribution in [-0.2, 0) is 75.1 Å². The van der Waals surface area contributed by atoms with E-state index in [1.54, 1.807) is 13.8 Å². The van der Waals surface area contributed by atoms with Crippen LogP contribution in [0.15, 0.2) is 114 Å². The molecule has 0 aliphatic carbocycles. The number of hydrogen-bond acceptors (Lipinski definition) is 35. The van der Waals surface area contributed by atoms with E-state index in [-0.39, 0.29) is 66.6 Å². The topological polar surface area (TPSA) is 687 Å². The Hall–Kier alpha value is -12.3. The summed E-state index contributed by atoms with van der Waals surface area (Å²) < 4.78 is 94.8. The molecular formula is C92H111Cl2F3N15O31+. The highest BCUT2D eigenvalue weighted by atomic mass is 35.5. The van der Waals surface area contributed by atoms with Gasteiger partial charge in [-0.1, -0.05) is 55.2 Å². The molecule has 143 heavy (non-hydrogen) atoms. The minimum atomic E-state index is -4.99. The Morgan fingerprint density at radius 3 is 1.94 bits per heavy atom. The van der Waals surface area contributed by atoms with Gasteiger partial charge in [-0.25, -0.2) is 9.59 Å². The summed E-state index contributed by atoms with van der Waals surface area (Å²) in [6, 6.07) is 2.81. The SMILES string of the molecule is CN[C@H](CC(C)C)C(=O)NC1C(=O)N[C@@H](CC(N)=O)C(=O)N[C@H]2C(=O)N[C@H]3C(=O)N[C@H](C(=O)N[C@@H](C(=O)O)c4cc(O)c(CNCC[N+](C)(C)C)c(O)c4-c4cc3ccc4O)[C@H](OC3C[C@](C)(N)[C@@H](O)[C@H](C)O3)c3ccc(c(Cl)c3)Oc3cc2cc(c3O[C@@H]2O[C@H](CO)[C@@H](O[C@@H]3O[C@H](CNCCn4ccc(NC(=O)c5ccc(OC(F)(F)F)cc5)nc4=O)[C@H](O)[C@H](O)[C@H]3O)[C@H](O)[C@H]2O)Oc2ccc(cc2Cl)[C@H]1O. The van der Waals surface area contributed by atoms with Crippen molar-refractivity contribution >= 4 is 82.2 Å². The van der Waals surface area contributed by atoms with Crippen molar-refractivity contribution in [1.82, 2.24) is 57.4 Å². The van der Waals surface area contributed by atoms with Gasteiger partial charge < -0.3 is 173 Å². The molecule has 23 atom stereocenters. The number of likely N-dealkylation sites (N-methyl/N-ethyl adjacent to an activating group) is 2. The molecule has 51 heteroatoms. The molecule has 0 saturated carbocycles. The highest BCUT2D eigenvalue weighted by Gasteiger charge is 2.54. The van der Waals surface area contributed by atoms with Gasteiger partial charge in [-0.05, 0) is 140 Å². The van der Waals surface area contributed by atoms with Gasteiger partial charge in [0.2, 0.25) is 53.4 Å². The quantitative estimate of drug-likeness (QED) is 0.0222. The van der Waals surface area contributed by atoms with Crippen LogP contribution < -0.4 is 89.3 Å². The zero-order valence-electron chi connectivity index (χ0n) is 77.8. The van der Waals surface area contributed by atoms with Crippen LogP contribution in [0.4, 0.5) is 19.0 Å². The van der Waals surface area contributed by atoms with Gasteiger partial charge in [0.15, 0.2) is 30.1 Å². The number of hydrogen-bond donors (Lipinski definition) is 24. The maximum atomic E-state index is 16.7. The Kier molecular flexibility index (Phi) is 33.9. The lowest BCUT2D eigenvalue weighted by Crippen LogP contribution is -2.65. The highest BCUT2D eigenvalue weighted by Crippen LogP contribution is 2.51. The lowest BCUT2D eigenvalue weighted by Gasteiger charge is -2.46. The highest BCUT2D eigenvalue weighted by molar-refractivity contribution is 6.32. The Morgan fingerprint density at radius 2 is 1.32 bits per heavy atom. The molecule has 0 spiro atoms. The number of aromatic nitrogens is 2. The fourth-order valence-electron chi connectivity index (χ4n) is 17.0. The number of nitrogens with one attached hydrogen (secondary N) is 10. The monoisotopic (exact) mass is 2050 g/mol. The second kappa shape index (κ2) is 44.9. The van der Waals surface area contributed by atoms with Crippen LogP contribution in [0.5, 0.6) is 51.7 Å². The van der Waals surface area contributed by atoms with Crippen molar-refractivity contribution in [2.24, 2.45) is 17.4 Å². The van der Waals surface area contributed by atoms with E-state index in [4.69, 9.17) is 72.6 Å². The Balaban J connectivity index is 0.925. The first-order chi connectivity index (χ1) is 67.4. The lowest BCUT2D eigenvalue weighted by atomic mass is 9.86. The summed E-state index contributed by atoms with van der Waals surface area (Å²) in [4.78, 5) is 152. The molecule has 11 bridgehead atoms. The van der Waals surface area contributed by atoms with Gasteiger partial charge in [-0.3, -0.25) is 42.9 Å². The molecule has 6 aromatic carbocycles. The number of carboxylic acid groups (broad SMARTS) is 1. The van der Waals surface area contributed by atoms with E-state index < -0.39 is 321 Å². The zero-order chi connectivity index (χ0) is 104. The van der Waals surface area contributed by atoms with Gasteiger partial charge in [-0.2, -0.15) is 4.98 Å². The molecule has 46 nitrogen and oxygen atoms in total. The second-order valence-corrected chi connectivity index (χ2v) is 37.6. The minimum absolute atomic E-state index is 0.113. The van der Waals surface area contributed by atoms with Gasteiger partial charge in [0.1, 0.15) is 132 Å². The fourth-order valence-corrected chi connectivity index (χ4v) is 17.4. The molecule has 3 saturated heterocycles. The number of nitrogens with zero attached hydrogens (tertiary/aromatic N) is 3. The number of rotatable bonds is 28. The molecule has 8 aliphatic rings. The lowest BCUT2D eigenvalue weighted by molar-refractivity contribution is -0.869. The third-order valence-electron chi connectivity index (χ3n) is 24.6. The number of alkyl halides is 3. The molecular weight excluding hydrogens is 1940 g/mol. The third kappa shape index (κ3) is 25.4. The number of anilines is 1. The first kappa shape index (κ1) is 108. The first-order valence-electron chi connectivity index (χ1n) is 45.0. The van der Waals surface area contributed by atoms with E-state index in [0.29, 0.717) is 11.0 Å². The van der Waals surface area contributed by atoms with Crippen LogP contribution in [0.1, 0.15) is 121 Å². The third-order valence-corrected chi connectivity index (χ3v) is 25.2. The van der Waals surface area contributed by atoms with Gasteiger partial charge >= 0.3 is 18.0 Å². The molecule has 1 aromatic heterocycles. The summed E-state index contributed by atoms with van der Waals surface area (Å²) in [5.74, 6) is -18.9. The maximum absolute atomic E-state index is 16.7. The molecule has 8 aliphatic heterocycles. The summed E-state index contributed by atoms with van der Waals surface area (Å²) in [6.07, 6.45) is -34.4. The van der Waals surface area contributed by atoms with Crippen LogP contribution in [0.2, 0.25) is 10.0 Å². The number of aliphatic hydroxyl groups excluding tert-OH is 8. The molecule has 774 valence electrons. The molecule has 26 N–H and O–H groups in total. The van der Waals surface area contributed by atoms with Gasteiger partial charge in [0.25, 0.3) is 5.91 Å². The number of nitrogens with two attached hydrogens (primary N) is 2. The summed E-state index contributed by atoms with van der Waals surface area (Å²) in [7, 11) is 7.12. The smallest absolute Gasteiger partial charge is 0.507 e. The second-order valence-electron chi connectivity index (χ2n) is 36.8. The summed E-state index contributed by atoms with van der Waals surface area (Å²) in [5.41, 5.74) is 6.54. The van der Waals surface area contributed by atoms with Crippen LogP contribution in [0.25, 0.3) is 11.1 Å². The van der Waals surface area contributed by atoms with Crippen LogP contribution in [-0.4, -0.2) is 305 Å². The zero-order valence-corrected chi connectivity index (χ0v) is 79.3. The predicted molar refractivity (Wildman–Crippen MR) is 492 cm³/mol. The van der Waals surface area contributed by atoms with E-state index in [2.05, 4.69) is 62.9 Å². The largest absolute Gasteiger partial charge is 0.573 e. The molecule has 3 fully saturated rings. The number of aliphatic hydroxyl groups is 8. The molecule has 9 heterocycles. The van der Waals surface area contributed by atoms with Crippen LogP contribution in [0, 0.1) is 5.92 Å². The Morgan fingerprint density at radius 1 is 0.692 bits per heavy atom. The van der Waals surface area contributed by atoms with Gasteiger partial charge in [0.05, 0.1) is 74.6 Å². The van der Waals surface area contributed by atoms with Crippen molar-refractivity contribution < 1.29 is 165 Å². The van der Waals surface area contributed by atoms with Crippen LogP contribution in [0.3, 0.4) is 0 Å². The molecule has 8 amide bonds. The number of phenols is 3. The van der Waals surface area contributed by atoms with Gasteiger partial charge in [0, 0.05) is 73.1 Å². The molecule has 2 unspecified atom stereocenters.